The molecular weight excluding hydrogens is 482 g/mol. The second kappa shape index (κ2) is 11.9. The fraction of sp³-hybridized carbons (Fsp3) is 0.577. The standard InChI is InChI=1S/C26H37N3O4S2/c1-3-12-27(23-10-8-21-9-11-24(33-2)19-22(21)18-23)13-4-5-14-28-15-16-29(20-25(28)30)35(31,32)26-7-6-17-34-26/h6-7,9,11,17,19,23H,3-5,8,10,12-16,18,20H2,1-2H3. The van der Waals surface area contributed by atoms with Crippen LogP contribution in [0.2, 0.25) is 0 Å². The molecule has 1 aliphatic carbocycles. The van der Waals surface area contributed by atoms with Gasteiger partial charge in [-0.2, -0.15) is 4.31 Å². The average Bonchev–Trinajstić information content (AvgIpc) is 3.42. The molecule has 1 aromatic carbocycles. The van der Waals surface area contributed by atoms with Crippen LogP contribution < -0.4 is 4.74 Å². The Bertz CT molecular complexity index is 1090. The number of unbranched alkanes of at least 4 members (excludes halogenated alkanes) is 1. The van der Waals surface area contributed by atoms with Crippen molar-refractivity contribution in [2.75, 3.05) is 46.4 Å². The third-order valence-electron chi connectivity index (χ3n) is 7.14. The Balaban J connectivity index is 1.25. The number of carbonyl (C=O) groups excluding carboxylic acids is 1. The molecule has 1 aliphatic heterocycles. The van der Waals surface area contributed by atoms with E-state index in [0.29, 0.717) is 29.9 Å². The highest BCUT2D eigenvalue weighted by Gasteiger charge is 2.33. The number of aryl methyl sites for hydroxylation is 1. The summed E-state index contributed by atoms with van der Waals surface area (Å²) >= 11 is 1.19. The number of thiophene rings is 1. The molecule has 0 bridgehead atoms. The quantitative estimate of drug-likeness (QED) is 0.424. The first-order chi connectivity index (χ1) is 16.9. The molecule has 2 heterocycles. The van der Waals surface area contributed by atoms with Gasteiger partial charge in [0.2, 0.25) is 5.91 Å². The lowest BCUT2D eigenvalue weighted by Crippen LogP contribution is -2.52. The van der Waals surface area contributed by atoms with E-state index in [2.05, 4.69) is 30.0 Å². The van der Waals surface area contributed by atoms with E-state index in [1.807, 2.05) is 4.90 Å². The van der Waals surface area contributed by atoms with Gasteiger partial charge in [-0.3, -0.25) is 4.79 Å². The minimum Gasteiger partial charge on any atom is -0.497 e. The Morgan fingerprint density at radius 2 is 2.00 bits per heavy atom. The van der Waals surface area contributed by atoms with E-state index in [-0.39, 0.29) is 12.5 Å². The number of hydrogen-bond donors (Lipinski definition) is 0. The molecule has 1 aromatic heterocycles. The minimum atomic E-state index is -3.57. The fourth-order valence-electron chi connectivity index (χ4n) is 5.20. The number of rotatable bonds is 11. The van der Waals surface area contributed by atoms with Gasteiger partial charge < -0.3 is 14.5 Å². The molecule has 1 saturated heterocycles. The molecule has 192 valence electrons. The average molecular weight is 520 g/mol. The van der Waals surface area contributed by atoms with Gasteiger partial charge in [0.05, 0.1) is 13.7 Å². The maximum atomic E-state index is 12.7. The molecule has 0 radical (unpaired) electrons. The number of sulfonamides is 1. The highest BCUT2D eigenvalue weighted by molar-refractivity contribution is 7.91. The van der Waals surface area contributed by atoms with Crippen LogP contribution in [0.5, 0.6) is 5.75 Å². The Morgan fingerprint density at radius 1 is 1.14 bits per heavy atom. The third-order valence-corrected chi connectivity index (χ3v) is 10.4. The molecule has 1 fully saturated rings. The summed E-state index contributed by atoms with van der Waals surface area (Å²) in [5, 5.41) is 1.75. The summed E-state index contributed by atoms with van der Waals surface area (Å²) in [6.45, 7) is 5.79. The van der Waals surface area contributed by atoms with E-state index in [1.54, 1.807) is 24.6 Å². The predicted octanol–water partition coefficient (Wildman–Crippen LogP) is 3.64. The van der Waals surface area contributed by atoms with Crippen LogP contribution in [0.1, 0.15) is 43.7 Å². The molecule has 0 saturated carbocycles. The van der Waals surface area contributed by atoms with Crippen molar-refractivity contribution < 1.29 is 17.9 Å². The van der Waals surface area contributed by atoms with Gasteiger partial charge in [-0.05, 0) is 86.3 Å². The summed E-state index contributed by atoms with van der Waals surface area (Å²) in [7, 11) is -1.85. The lowest BCUT2D eigenvalue weighted by atomic mass is 9.87. The Hall–Kier alpha value is -1.94. The van der Waals surface area contributed by atoms with Crippen molar-refractivity contribution >= 4 is 27.3 Å². The maximum Gasteiger partial charge on any atom is 0.253 e. The first kappa shape index (κ1) is 26.1. The lowest BCUT2D eigenvalue weighted by Gasteiger charge is -2.36. The summed E-state index contributed by atoms with van der Waals surface area (Å²) in [6.07, 6.45) is 6.44. The number of carbonyl (C=O) groups is 1. The number of methoxy groups -OCH3 is 1. The summed E-state index contributed by atoms with van der Waals surface area (Å²) in [5.41, 5.74) is 2.85. The Kier molecular flexibility index (Phi) is 8.86. The normalized spacial score (nSPS) is 19.2. The molecule has 2 aromatic rings. The number of piperazine rings is 1. The van der Waals surface area contributed by atoms with E-state index in [1.165, 1.54) is 33.2 Å². The van der Waals surface area contributed by atoms with Gasteiger partial charge in [-0.25, -0.2) is 8.42 Å². The predicted molar refractivity (Wildman–Crippen MR) is 140 cm³/mol. The Labute approximate surface area is 213 Å². The highest BCUT2D eigenvalue weighted by Crippen LogP contribution is 2.28. The largest absolute Gasteiger partial charge is 0.497 e. The summed E-state index contributed by atoms with van der Waals surface area (Å²) in [5.74, 6) is 0.832. The van der Waals surface area contributed by atoms with Crippen molar-refractivity contribution in [2.24, 2.45) is 0 Å². The SMILES string of the molecule is CCCN(CCCCN1CCN(S(=O)(=O)c2cccs2)CC1=O)C1CCc2ccc(OC)cc2C1. The highest BCUT2D eigenvalue weighted by atomic mass is 32.2. The second-order valence-corrected chi connectivity index (χ2v) is 12.5. The monoisotopic (exact) mass is 519 g/mol. The lowest BCUT2D eigenvalue weighted by molar-refractivity contribution is -0.134. The van der Waals surface area contributed by atoms with E-state index in [9.17, 15) is 13.2 Å². The summed E-state index contributed by atoms with van der Waals surface area (Å²) in [6, 6.07) is 10.3. The zero-order valence-corrected chi connectivity index (χ0v) is 22.5. The molecule has 35 heavy (non-hydrogen) atoms. The Morgan fingerprint density at radius 3 is 2.71 bits per heavy atom. The van der Waals surface area contributed by atoms with Gasteiger partial charge in [0, 0.05) is 25.7 Å². The molecule has 1 amide bonds. The zero-order valence-electron chi connectivity index (χ0n) is 20.8. The van der Waals surface area contributed by atoms with Crippen LogP contribution in [0.4, 0.5) is 0 Å². The molecule has 9 heteroatoms. The molecule has 0 N–H and O–H groups in total. The van der Waals surface area contributed by atoms with E-state index in [4.69, 9.17) is 4.74 Å². The molecule has 4 rings (SSSR count). The van der Waals surface area contributed by atoms with E-state index in [0.717, 1.165) is 50.9 Å². The topological polar surface area (TPSA) is 70.2 Å². The molecule has 7 nitrogen and oxygen atoms in total. The van der Waals surface area contributed by atoms with Crippen LogP contribution in [-0.2, 0) is 27.7 Å². The third kappa shape index (κ3) is 6.25. The van der Waals surface area contributed by atoms with Gasteiger partial charge >= 0.3 is 0 Å². The smallest absolute Gasteiger partial charge is 0.253 e. The minimum absolute atomic E-state index is 0.0624. The maximum absolute atomic E-state index is 12.7. The van der Waals surface area contributed by atoms with Crippen molar-refractivity contribution in [2.45, 2.75) is 55.7 Å². The van der Waals surface area contributed by atoms with Gasteiger partial charge in [0.25, 0.3) is 10.0 Å². The van der Waals surface area contributed by atoms with Crippen LogP contribution in [0.25, 0.3) is 0 Å². The van der Waals surface area contributed by atoms with Crippen molar-refractivity contribution in [1.29, 1.82) is 0 Å². The van der Waals surface area contributed by atoms with Crippen LogP contribution in [0.15, 0.2) is 39.9 Å². The van der Waals surface area contributed by atoms with Crippen LogP contribution in [-0.4, -0.2) is 80.9 Å². The second-order valence-electron chi connectivity index (χ2n) is 9.43. The van der Waals surface area contributed by atoms with Gasteiger partial charge in [-0.1, -0.05) is 19.1 Å². The van der Waals surface area contributed by atoms with E-state index < -0.39 is 10.0 Å². The molecule has 2 aliphatic rings. The number of benzene rings is 1. The van der Waals surface area contributed by atoms with Crippen LogP contribution >= 0.6 is 11.3 Å². The van der Waals surface area contributed by atoms with Crippen LogP contribution in [0.3, 0.4) is 0 Å². The molecular formula is C26H37N3O4S2. The number of fused-ring (bicyclic) bond motifs is 1. The number of amides is 1. The fourth-order valence-corrected chi connectivity index (χ4v) is 7.73. The van der Waals surface area contributed by atoms with Crippen molar-refractivity contribution in [3.8, 4) is 5.75 Å². The van der Waals surface area contributed by atoms with Gasteiger partial charge in [-0.15, -0.1) is 11.3 Å². The molecule has 0 spiro atoms. The number of nitrogens with zero attached hydrogens (tertiary/aromatic N) is 3. The number of hydrogen-bond acceptors (Lipinski definition) is 6. The first-order valence-electron chi connectivity index (χ1n) is 12.6. The zero-order chi connectivity index (χ0) is 24.8. The van der Waals surface area contributed by atoms with Crippen molar-refractivity contribution in [1.82, 2.24) is 14.1 Å². The summed E-state index contributed by atoms with van der Waals surface area (Å²) < 4.78 is 32.5. The molecule has 1 atom stereocenters. The van der Waals surface area contributed by atoms with Crippen molar-refractivity contribution in [3.63, 3.8) is 0 Å². The van der Waals surface area contributed by atoms with E-state index >= 15 is 0 Å². The van der Waals surface area contributed by atoms with Crippen molar-refractivity contribution in [3.05, 3.63) is 46.8 Å². The van der Waals surface area contributed by atoms with Gasteiger partial charge in [0.15, 0.2) is 0 Å². The summed E-state index contributed by atoms with van der Waals surface area (Å²) in [4.78, 5) is 17.1. The van der Waals surface area contributed by atoms with Gasteiger partial charge in [0.1, 0.15) is 9.96 Å². The number of ether oxygens (including phenoxy) is 1. The molecule has 1 unspecified atom stereocenters. The first-order valence-corrected chi connectivity index (χ1v) is 15.0. The van der Waals surface area contributed by atoms with Crippen LogP contribution in [0, 0.1) is 0 Å².